The predicted molar refractivity (Wildman–Crippen MR) is 184 cm³/mol. The van der Waals surface area contributed by atoms with Crippen molar-refractivity contribution in [2.45, 2.75) is 86.5 Å². The van der Waals surface area contributed by atoms with Crippen LogP contribution in [0, 0.1) is 13.8 Å². The van der Waals surface area contributed by atoms with Gasteiger partial charge in [-0.1, -0.05) is 13.8 Å². The third-order valence-corrected chi connectivity index (χ3v) is 10.1. The fourth-order valence-electron chi connectivity index (χ4n) is 5.96. The van der Waals surface area contributed by atoms with Gasteiger partial charge in [0, 0.05) is 36.3 Å². The van der Waals surface area contributed by atoms with Crippen LogP contribution in [-0.4, -0.2) is 44.5 Å². The molecule has 0 amide bonds. The van der Waals surface area contributed by atoms with Crippen LogP contribution < -0.4 is 0 Å². The Bertz CT molecular complexity index is 1700. The zero-order valence-electron chi connectivity index (χ0n) is 26.4. The quantitative estimate of drug-likeness (QED) is 0.190. The molecule has 8 nitrogen and oxygen atoms in total. The second-order valence-electron chi connectivity index (χ2n) is 11.2. The lowest BCUT2D eigenvalue weighted by Crippen LogP contribution is -2.10. The Hall–Kier alpha value is -3.24. The molecule has 0 aliphatic carbocycles. The molecule has 4 rings (SSSR count). The maximum Gasteiger partial charge on any atom is 0.305 e. The highest BCUT2D eigenvalue weighted by atomic mass is 79.9. The van der Waals surface area contributed by atoms with Crippen LogP contribution in [0.4, 0.5) is 0 Å². The second kappa shape index (κ2) is 14.2. The van der Waals surface area contributed by atoms with Gasteiger partial charge < -0.3 is 19.8 Å². The summed E-state index contributed by atoms with van der Waals surface area (Å²) in [4.78, 5) is 40.6. The molecule has 0 unspecified atom stereocenters. The summed E-state index contributed by atoms with van der Waals surface area (Å²) < 4.78 is 6.75. The van der Waals surface area contributed by atoms with Gasteiger partial charge in [0.25, 0.3) is 0 Å². The maximum absolute atomic E-state index is 12.2. The molecule has 0 atom stereocenters. The summed E-state index contributed by atoms with van der Waals surface area (Å²) in [6.07, 6.45) is 7.50. The SMILES string of the molecule is CCC1=C(C)/C(=C/c2[nH]c(CC3=N/C(=C\c4[nH]c(Br)c(C)c4CC)C(C)=C3CCC(=O)OC)c(CCC(=O)O)c2C)N=C1Br. The van der Waals surface area contributed by atoms with E-state index >= 15 is 0 Å². The van der Waals surface area contributed by atoms with Gasteiger partial charge in [-0.05, 0) is 142 Å². The van der Waals surface area contributed by atoms with Crippen molar-refractivity contribution in [1.29, 1.82) is 0 Å². The highest BCUT2D eigenvalue weighted by Gasteiger charge is 2.26. The van der Waals surface area contributed by atoms with Crippen molar-refractivity contribution in [3.05, 3.63) is 77.6 Å². The smallest absolute Gasteiger partial charge is 0.305 e. The Balaban J connectivity index is 1.80. The number of halogens is 2. The number of carbonyl (C=O) groups is 2. The van der Waals surface area contributed by atoms with E-state index in [0.717, 1.165) is 84.1 Å². The molecule has 0 saturated heterocycles. The number of ether oxygens (including phenoxy) is 1. The fraction of sp³-hybridized carbons (Fsp3) is 0.412. The van der Waals surface area contributed by atoms with E-state index in [4.69, 9.17) is 14.7 Å². The van der Waals surface area contributed by atoms with Crippen LogP contribution in [0.5, 0.6) is 0 Å². The highest BCUT2D eigenvalue weighted by molar-refractivity contribution is 9.18. The molecular formula is C34H40Br2N4O4. The van der Waals surface area contributed by atoms with Crippen molar-refractivity contribution in [1.82, 2.24) is 9.97 Å². The second-order valence-corrected chi connectivity index (χ2v) is 12.7. The van der Waals surface area contributed by atoms with Crippen LogP contribution >= 0.6 is 31.9 Å². The molecular weight excluding hydrogens is 688 g/mol. The van der Waals surface area contributed by atoms with Crippen molar-refractivity contribution in [3.63, 3.8) is 0 Å². The molecule has 3 N–H and O–H groups in total. The van der Waals surface area contributed by atoms with Gasteiger partial charge in [0.05, 0.1) is 28.8 Å². The number of esters is 1. The number of rotatable bonds is 12. The van der Waals surface area contributed by atoms with Crippen LogP contribution in [0.2, 0.25) is 0 Å². The molecule has 2 aliphatic heterocycles. The number of aliphatic imine (C=N–C) groups is 2. The summed E-state index contributed by atoms with van der Waals surface area (Å²) in [6, 6.07) is 0. The molecule has 0 fully saturated rings. The first-order valence-corrected chi connectivity index (χ1v) is 16.5. The van der Waals surface area contributed by atoms with Gasteiger partial charge in [-0.15, -0.1) is 0 Å². The molecule has 234 valence electrons. The summed E-state index contributed by atoms with van der Waals surface area (Å²) in [5.41, 5.74) is 14.1. The predicted octanol–water partition coefficient (Wildman–Crippen LogP) is 8.48. The van der Waals surface area contributed by atoms with E-state index in [1.807, 2.05) is 19.9 Å². The minimum atomic E-state index is -0.843. The van der Waals surface area contributed by atoms with Gasteiger partial charge in [-0.25, -0.2) is 4.99 Å². The summed E-state index contributed by atoms with van der Waals surface area (Å²) in [7, 11) is 1.40. The molecule has 0 saturated carbocycles. The van der Waals surface area contributed by atoms with E-state index in [1.54, 1.807) is 0 Å². The van der Waals surface area contributed by atoms with Crippen LogP contribution in [0.25, 0.3) is 12.2 Å². The summed E-state index contributed by atoms with van der Waals surface area (Å²) in [6.45, 7) is 12.5. The monoisotopic (exact) mass is 726 g/mol. The summed E-state index contributed by atoms with van der Waals surface area (Å²) in [5.74, 6) is -1.12. The standard InChI is InChI=1S/C34H40Br2N4O4/c1-8-21-20(6)33(35)40-28(21)15-26-19(5)24(11-13-32(43)44-7)30(38-26)16-29-23(10-12-31(41)42)18(4)25(37-29)14-27-17(3)22(9-2)34(36)39-27/h14-15,37,40H,8-13,16H2,1-7H3,(H,41,42)/b26-15-,27-14-. The Kier molecular flexibility index (Phi) is 10.9. The number of allylic oxidation sites excluding steroid dienone is 4. The third kappa shape index (κ3) is 7.01. The van der Waals surface area contributed by atoms with E-state index < -0.39 is 5.97 Å². The average molecular weight is 729 g/mol. The summed E-state index contributed by atoms with van der Waals surface area (Å²) in [5, 5.41) is 9.52. The minimum Gasteiger partial charge on any atom is -0.481 e. The molecule has 4 heterocycles. The first-order chi connectivity index (χ1) is 20.9. The lowest BCUT2D eigenvalue weighted by atomic mass is 9.95. The van der Waals surface area contributed by atoms with E-state index in [0.29, 0.717) is 19.3 Å². The van der Waals surface area contributed by atoms with E-state index in [-0.39, 0.29) is 18.8 Å². The maximum atomic E-state index is 12.2. The molecule has 0 spiro atoms. The Morgan fingerprint density at radius 3 is 2.11 bits per heavy atom. The number of nitrogens with one attached hydrogen (secondary N) is 2. The summed E-state index contributed by atoms with van der Waals surface area (Å²) >= 11 is 7.22. The zero-order chi connectivity index (χ0) is 32.3. The van der Waals surface area contributed by atoms with Crippen LogP contribution in [0.1, 0.15) is 92.7 Å². The number of aliphatic carboxylic acids is 1. The van der Waals surface area contributed by atoms with Gasteiger partial charge in [-0.2, -0.15) is 0 Å². The molecule has 2 aliphatic rings. The number of aromatic nitrogens is 2. The molecule has 0 bridgehead atoms. The van der Waals surface area contributed by atoms with Crippen molar-refractivity contribution < 1.29 is 19.4 Å². The van der Waals surface area contributed by atoms with E-state index in [9.17, 15) is 14.7 Å². The number of carbonyl (C=O) groups excluding carboxylic acids is 1. The van der Waals surface area contributed by atoms with Crippen molar-refractivity contribution in [3.8, 4) is 0 Å². The zero-order valence-corrected chi connectivity index (χ0v) is 29.6. The molecule has 10 heteroatoms. The van der Waals surface area contributed by atoms with Gasteiger partial charge in [0.2, 0.25) is 0 Å². The molecule has 0 radical (unpaired) electrons. The Morgan fingerprint density at radius 1 is 0.841 bits per heavy atom. The number of H-pyrrole nitrogens is 2. The molecule has 44 heavy (non-hydrogen) atoms. The van der Waals surface area contributed by atoms with Crippen LogP contribution in [-0.2, 0) is 33.6 Å². The van der Waals surface area contributed by atoms with Crippen LogP contribution in [0.15, 0.2) is 48.3 Å². The number of methoxy groups -OCH3 is 1. The van der Waals surface area contributed by atoms with Gasteiger partial charge in [0.15, 0.2) is 0 Å². The average Bonchev–Trinajstić information content (AvgIpc) is 3.63. The largest absolute Gasteiger partial charge is 0.481 e. The van der Waals surface area contributed by atoms with Crippen LogP contribution in [0.3, 0.4) is 0 Å². The molecule has 2 aromatic rings. The fourth-order valence-corrected chi connectivity index (χ4v) is 7.18. The number of aromatic amines is 2. The number of carboxylic acids is 1. The van der Waals surface area contributed by atoms with Crippen molar-refractivity contribution in [2.75, 3.05) is 7.11 Å². The number of nitrogens with zero attached hydrogens (tertiary/aromatic N) is 2. The Labute approximate surface area is 275 Å². The topological polar surface area (TPSA) is 120 Å². The molecule has 2 aromatic heterocycles. The highest BCUT2D eigenvalue weighted by Crippen LogP contribution is 2.36. The first-order valence-electron chi connectivity index (χ1n) is 14.9. The first kappa shape index (κ1) is 33.6. The van der Waals surface area contributed by atoms with E-state index in [1.165, 1.54) is 23.8 Å². The number of hydrogen-bond donors (Lipinski definition) is 3. The van der Waals surface area contributed by atoms with Crippen molar-refractivity contribution >= 4 is 66.3 Å². The lowest BCUT2D eigenvalue weighted by molar-refractivity contribution is -0.140. The van der Waals surface area contributed by atoms with Gasteiger partial charge >= 0.3 is 11.9 Å². The van der Waals surface area contributed by atoms with E-state index in [2.05, 4.69) is 75.6 Å². The number of carboxylic acid groups (broad SMARTS) is 1. The molecule has 0 aromatic carbocycles. The number of hydrogen-bond acceptors (Lipinski definition) is 5. The van der Waals surface area contributed by atoms with Gasteiger partial charge in [-0.3, -0.25) is 14.6 Å². The van der Waals surface area contributed by atoms with Gasteiger partial charge in [0.1, 0.15) is 4.62 Å². The minimum absolute atomic E-state index is 0.0207. The van der Waals surface area contributed by atoms with Crippen molar-refractivity contribution in [2.24, 2.45) is 9.98 Å². The lowest BCUT2D eigenvalue weighted by Gasteiger charge is -2.09. The normalized spacial score (nSPS) is 16.9. The Morgan fingerprint density at radius 2 is 1.50 bits per heavy atom. The third-order valence-electron chi connectivity index (χ3n) is 8.61.